The highest BCUT2D eigenvalue weighted by Gasteiger charge is 2.11. The molecule has 2 aromatic heterocycles. The molecule has 0 radical (unpaired) electrons. The quantitative estimate of drug-likeness (QED) is 0.456. The average molecular weight is 316 g/mol. The Labute approximate surface area is 139 Å². The molecular weight excluding hydrogens is 300 g/mol. The largest absolute Gasteiger partial charge is 0.241 e. The summed E-state index contributed by atoms with van der Waals surface area (Å²) in [7, 11) is 0. The van der Waals surface area contributed by atoms with Crippen LogP contribution in [0.3, 0.4) is 0 Å². The van der Waals surface area contributed by atoms with Crippen molar-refractivity contribution in [3.8, 4) is 11.3 Å². The Bertz CT molecular complexity index is 1000. The lowest BCUT2D eigenvalue weighted by molar-refractivity contribution is 0.929. The van der Waals surface area contributed by atoms with Gasteiger partial charge in [-0.25, -0.2) is 9.97 Å². The van der Waals surface area contributed by atoms with Crippen molar-refractivity contribution in [2.75, 3.05) is 0 Å². The first-order valence-electron chi connectivity index (χ1n) is 7.69. The number of rotatable bonds is 4. The number of thiophene rings is 1. The predicted octanol–water partition coefficient (Wildman–Crippen LogP) is 5.63. The molecule has 0 N–H and O–H groups in total. The summed E-state index contributed by atoms with van der Waals surface area (Å²) in [5.74, 6) is 0. The maximum atomic E-state index is 4.51. The van der Waals surface area contributed by atoms with E-state index in [0.717, 1.165) is 24.2 Å². The third-order valence-corrected chi connectivity index (χ3v) is 5.23. The molecule has 4 aromatic rings. The van der Waals surface area contributed by atoms with Gasteiger partial charge in [-0.15, -0.1) is 17.9 Å². The van der Waals surface area contributed by atoms with Crippen LogP contribution in [-0.4, -0.2) is 9.97 Å². The zero-order chi connectivity index (χ0) is 15.6. The third-order valence-electron chi connectivity index (χ3n) is 4.01. The van der Waals surface area contributed by atoms with Gasteiger partial charge in [-0.2, -0.15) is 0 Å². The molecule has 3 heteroatoms. The second-order valence-corrected chi connectivity index (χ2v) is 6.55. The highest BCUT2D eigenvalue weighted by atomic mass is 32.1. The Morgan fingerprint density at radius 1 is 1.00 bits per heavy atom. The third kappa shape index (κ3) is 2.53. The summed E-state index contributed by atoms with van der Waals surface area (Å²) in [6.45, 7) is 3.78. The van der Waals surface area contributed by atoms with E-state index < -0.39 is 0 Å². The fourth-order valence-electron chi connectivity index (χ4n) is 2.88. The van der Waals surface area contributed by atoms with Crippen molar-refractivity contribution < 1.29 is 0 Å². The maximum absolute atomic E-state index is 4.51. The fourth-order valence-corrected chi connectivity index (χ4v) is 4.11. The fraction of sp³-hybridized carbons (Fsp3) is 0.100. The number of nitrogens with zero attached hydrogens (tertiary/aromatic N) is 2. The molecule has 112 valence electrons. The number of hydrogen-bond acceptors (Lipinski definition) is 3. The maximum Gasteiger partial charge on any atom is 0.116 e. The highest BCUT2D eigenvalue weighted by Crippen LogP contribution is 2.39. The van der Waals surface area contributed by atoms with Crippen LogP contribution in [0, 0.1) is 0 Å². The van der Waals surface area contributed by atoms with Crippen molar-refractivity contribution in [1.82, 2.24) is 9.97 Å². The molecule has 0 unspecified atom stereocenters. The Hall–Kier alpha value is -2.52. The van der Waals surface area contributed by atoms with Crippen LogP contribution < -0.4 is 0 Å². The van der Waals surface area contributed by atoms with Gasteiger partial charge in [-0.3, -0.25) is 0 Å². The molecule has 0 amide bonds. The van der Waals surface area contributed by atoms with Gasteiger partial charge in [0, 0.05) is 31.4 Å². The first kappa shape index (κ1) is 14.1. The monoisotopic (exact) mass is 316 g/mol. The zero-order valence-corrected chi connectivity index (χ0v) is 13.5. The van der Waals surface area contributed by atoms with Gasteiger partial charge in [-0.1, -0.05) is 42.5 Å². The predicted molar refractivity (Wildman–Crippen MR) is 98.9 cm³/mol. The van der Waals surface area contributed by atoms with Gasteiger partial charge in [0.05, 0.1) is 5.69 Å². The van der Waals surface area contributed by atoms with Gasteiger partial charge >= 0.3 is 0 Å². The summed E-state index contributed by atoms with van der Waals surface area (Å²) >= 11 is 1.83. The molecule has 0 aliphatic rings. The van der Waals surface area contributed by atoms with Gasteiger partial charge in [-0.05, 0) is 25.0 Å². The molecule has 0 atom stereocenters. The molecule has 2 aromatic carbocycles. The molecular formula is C20H16N2S. The second-order valence-electron chi connectivity index (χ2n) is 5.50. The lowest BCUT2D eigenvalue weighted by atomic mass is 10.1. The van der Waals surface area contributed by atoms with E-state index in [4.69, 9.17) is 0 Å². The van der Waals surface area contributed by atoms with Crippen molar-refractivity contribution in [1.29, 1.82) is 0 Å². The summed E-state index contributed by atoms with van der Waals surface area (Å²) in [5.41, 5.74) is 3.25. The molecule has 23 heavy (non-hydrogen) atoms. The molecule has 0 aliphatic carbocycles. The average Bonchev–Trinajstić information content (AvgIpc) is 2.99. The van der Waals surface area contributed by atoms with Crippen molar-refractivity contribution in [2.24, 2.45) is 0 Å². The van der Waals surface area contributed by atoms with E-state index in [2.05, 4.69) is 65.1 Å². The lowest BCUT2D eigenvalue weighted by Gasteiger charge is -2.04. The van der Waals surface area contributed by atoms with Gasteiger partial charge in [0.25, 0.3) is 0 Å². The Morgan fingerprint density at radius 2 is 1.87 bits per heavy atom. The Morgan fingerprint density at radius 3 is 2.78 bits per heavy atom. The first-order chi connectivity index (χ1) is 11.4. The molecule has 0 fully saturated rings. The van der Waals surface area contributed by atoms with Crippen LogP contribution in [0.25, 0.3) is 31.4 Å². The van der Waals surface area contributed by atoms with Gasteiger partial charge < -0.3 is 0 Å². The van der Waals surface area contributed by atoms with Gasteiger partial charge in [0.15, 0.2) is 0 Å². The molecule has 0 spiro atoms. The molecule has 0 saturated heterocycles. The number of hydrogen-bond donors (Lipinski definition) is 0. The normalized spacial score (nSPS) is 11.1. The molecule has 2 nitrogen and oxygen atoms in total. The Balaban J connectivity index is 1.90. The number of allylic oxidation sites excluding steroid dienone is 1. The molecule has 4 rings (SSSR count). The van der Waals surface area contributed by atoms with Crippen LogP contribution >= 0.6 is 11.3 Å². The molecule has 0 saturated carbocycles. The number of fused-ring (bicyclic) bond motifs is 3. The van der Waals surface area contributed by atoms with Crippen LogP contribution in [0.2, 0.25) is 0 Å². The van der Waals surface area contributed by atoms with E-state index in [1.165, 1.54) is 25.7 Å². The van der Waals surface area contributed by atoms with Crippen molar-refractivity contribution in [3.05, 3.63) is 73.2 Å². The van der Waals surface area contributed by atoms with Gasteiger partial charge in [0.2, 0.25) is 0 Å². The summed E-state index contributed by atoms with van der Waals surface area (Å²) in [6, 6.07) is 17.1. The smallest absolute Gasteiger partial charge is 0.116 e. The summed E-state index contributed by atoms with van der Waals surface area (Å²) in [5, 5.41) is 2.62. The van der Waals surface area contributed by atoms with Gasteiger partial charge in [0.1, 0.15) is 6.33 Å². The molecule has 0 aliphatic heterocycles. The van der Waals surface area contributed by atoms with Crippen LogP contribution in [0.4, 0.5) is 0 Å². The van der Waals surface area contributed by atoms with Crippen molar-refractivity contribution >= 4 is 31.5 Å². The second kappa shape index (κ2) is 5.94. The number of benzene rings is 2. The molecule has 0 bridgehead atoms. The zero-order valence-electron chi connectivity index (χ0n) is 12.7. The van der Waals surface area contributed by atoms with E-state index in [1.54, 1.807) is 6.33 Å². The number of aryl methyl sites for hydroxylation is 1. The SMILES string of the molecule is C=CCCc1cc(-c2cccc3c2sc2ccccc23)ncn1. The van der Waals surface area contributed by atoms with Crippen LogP contribution in [-0.2, 0) is 6.42 Å². The van der Waals surface area contributed by atoms with E-state index in [0.29, 0.717) is 0 Å². The lowest BCUT2D eigenvalue weighted by Crippen LogP contribution is -1.93. The van der Waals surface area contributed by atoms with E-state index >= 15 is 0 Å². The van der Waals surface area contributed by atoms with Crippen LogP contribution in [0.1, 0.15) is 12.1 Å². The van der Waals surface area contributed by atoms with E-state index in [9.17, 15) is 0 Å². The van der Waals surface area contributed by atoms with E-state index in [-0.39, 0.29) is 0 Å². The topological polar surface area (TPSA) is 25.8 Å². The highest BCUT2D eigenvalue weighted by molar-refractivity contribution is 7.26. The van der Waals surface area contributed by atoms with Crippen molar-refractivity contribution in [2.45, 2.75) is 12.8 Å². The molecule has 2 heterocycles. The first-order valence-corrected chi connectivity index (χ1v) is 8.51. The standard InChI is InChI=1S/C20H16N2S/c1-2-3-7-14-12-18(22-13-21-14)17-10-6-9-16-15-8-4-5-11-19(15)23-20(16)17/h2,4-6,8-13H,1,3,7H2. The van der Waals surface area contributed by atoms with Crippen LogP contribution in [0.5, 0.6) is 0 Å². The minimum absolute atomic E-state index is 0.904. The minimum Gasteiger partial charge on any atom is -0.241 e. The summed E-state index contributed by atoms with van der Waals surface area (Å²) < 4.78 is 2.61. The van der Waals surface area contributed by atoms with Crippen LogP contribution in [0.15, 0.2) is 67.5 Å². The Kier molecular flexibility index (Phi) is 3.64. The number of aromatic nitrogens is 2. The minimum atomic E-state index is 0.904. The van der Waals surface area contributed by atoms with E-state index in [1.807, 2.05) is 17.4 Å². The summed E-state index contributed by atoms with van der Waals surface area (Å²) in [4.78, 5) is 8.88. The van der Waals surface area contributed by atoms with Crippen molar-refractivity contribution in [3.63, 3.8) is 0 Å². The summed E-state index contributed by atoms with van der Waals surface area (Å²) in [6.07, 6.45) is 5.43.